The molecular formula is C30H35NO6. The molecule has 3 atom stereocenters. The number of carbonyl (C=O) groups excluding carboxylic acids is 2. The van der Waals surface area contributed by atoms with E-state index in [0.29, 0.717) is 48.8 Å². The zero-order valence-corrected chi connectivity index (χ0v) is 22.2. The van der Waals surface area contributed by atoms with Gasteiger partial charge in [-0.3, -0.25) is 14.6 Å². The van der Waals surface area contributed by atoms with Gasteiger partial charge >= 0.3 is 5.97 Å². The summed E-state index contributed by atoms with van der Waals surface area (Å²) in [6, 6.07) is 13.8. The van der Waals surface area contributed by atoms with E-state index in [1.165, 1.54) is 0 Å². The van der Waals surface area contributed by atoms with Crippen LogP contribution in [0.1, 0.15) is 55.2 Å². The monoisotopic (exact) mass is 505 g/mol. The largest absolute Gasteiger partial charge is 0.493 e. The van der Waals surface area contributed by atoms with Crippen LogP contribution in [-0.2, 0) is 19.1 Å². The van der Waals surface area contributed by atoms with Gasteiger partial charge < -0.3 is 18.9 Å². The Bertz CT molecular complexity index is 1230. The second-order valence-corrected chi connectivity index (χ2v) is 9.49. The van der Waals surface area contributed by atoms with Gasteiger partial charge in [0.1, 0.15) is 12.5 Å². The van der Waals surface area contributed by atoms with Crippen LogP contribution in [0.25, 0.3) is 0 Å². The van der Waals surface area contributed by atoms with Crippen LogP contribution in [0.5, 0.6) is 11.5 Å². The number of esters is 1. The molecule has 0 bridgehead atoms. The van der Waals surface area contributed by atoms with Gasteiger partial charge in [-0.15, -0.1) is 0 Å². The molecule has 0 N–H and O–H groups in total. The van der Waals surface area contributed by atoms with Gasteiger partial charge in [0.2, 0.25) is 0 Å². The summed E-state index contributed by atoms with van der Waals surface area (Å²) in [6.45, 7) is 6.81. The van der Waals surface area contributed by atoms with Crippen LogP contribution in [0.15, 0.2) is 58.7 Å². The number of aryl methyl sites for hydroxylation is 1. The number of ether oxygens (including phenoxy) is 4. The molecular weight excluding hydrogens is 470 g/mol. The third-order valence-electron chi connectivity index (χ3n) is 7.10. The zero-order chi connectivity index (χ0) is 26.5. The van der Waals surface area contributed by atoms with Crippen LogP contribution >= 0.6 is 0 Å². The predicted octanol–water partition coefficient (Wildman–Crippen LogP) is 5.17. The van der Waals surface area contributed by atoms with Crippen LogP contribution in [0.3, 0.4) is 0 Å². The van der Waals surface area contributed by atoms with Crippen molar-refractivity contribution >= 4 is 17.5 Å². The second kappa shape index (κ2) is 11.7. The van der Waals surface area contributed by atoms with Crippen molar-refractivity contribution in [3.63, 3.8) is 0 Å². The minimum absolute atomic E-state index is 0.0101. The van der Waals surface area contributed by atoms with Crippen LogP contribution < -0.4 is 9.47 Å². The van der Waals surface area contributed by atoms with Gasteiger partial charge in [-0.1, -0.05) is 35.9 Å². The normalized spacial score (nSPS) is 21.3. The number of nitrogens with zero attached hydrogens (tertiary/aromatic N) is 1. The summed E-state index contributed by atoms with van der Waals surface area (Å²) in [5.74, 6) is -0.247. The van der Waals surface area contributed by atoms with Crippen LogP contribution in [-0.4, -0.2) is 51.5 Å². The third kappa shape index (κ3) is 5.62. The molecule has 4 rings (SSSR count). The number of aliphatic imine (C=N–C) groups is 1. The highest BCUT2D eigenvalue weighted by molar-refractivity contribution is 6.09. The van der Waals surface area contributed by atoms with E-state index >= 15 is 0 Å². The van der Waals surface area contributed by atoms with Gasteiger partial charge in [0, 0.05) is 35.9 Å². The number of hydrogen-bond donors (Lipinski definition) is 0. The lowest BCUT2D eigenvalue weighted by Crippen LogP contribution is -2.38. The van der Waals surface area contributed by atoms with Crippen molar-refractivity contribution in [3.05, 3.63) is 70.4 Å². The first-order valence-corrected chi connectivity index (χ1v) is 12.7. The van der Waals surface area contributed by atoms with E-state index in [4.69, 9.17) is 23.9 Å². The second-order valence-electron chi connectivity index (χ2n) is 9.49. The SMILES string of the molecule is CCOCCOC(=O)C1C(C)=NC2=C(C(=O)C[C@@H](c3ccc(OC)c(OC)c3)C2)[C@@H]1c1cccc(C)c1. The first-order chi connectivity index (χ1) is 17.9. The summed E-state index contributed by atoms with van der Waals surface area (Å²) in [7, 11) is 3.20. The van der Waals surface area contributed by atoms with E-state index in [1.54, 1.807) is 14.2 Å². The number of rotatable bonds is 9. The lowest BCUT2D eigenvalue weighted by molar-refractivity contribution is -0.148. The van der Waals surface area contributed by atoms with Crippen molar-refractivity contribution < 1.29 is 28.5 Å². The van der Waals surface area contributed by atoms with Crippen LogP contribution in [0.2, 0.25) is 0 Å². The quantitative estimate of drug-likeness (QED) is 0.346. The van der Waals surface area contributed by atoms with Crippen molar-refractivity contribution in [3.8, 4) is 11.5 Å². The van der Waals surface area contributed by atoms with Gasteiger partial charge in [-0.05, 0) is 56.4 Å². The Labute approximate surface area is 218 Å². The minimum Gasteiger partial charge on any atom is -0.493 e. The first kappa shape index (κ1) is 26.6. The Kier molecular flexibility index (Phi) is 8.44. The summed E-state index contributed by atoms with van der Waals surface area (Å²) in [4.78, 5) is 31.9. The molecule has 1 unspecified atom stereocenters. The van der Waals surface area contributed by atoms with E-state index < -0.39 is 11.8 Å². The molecule has 1 heterocycles. The van der Waals surface area contributed by atoms with E-state index in [1.807, 2.05) is 63.2 Å². The number of ketones is 1. The molecule has 1 aliphatic heterocycles. The summed E-state index contributed by atoms with van der Waals surface area (Å²) < 4.78 is 21.8. The molecule has 0 saturated heterocycles. The smallest absolute Gasteiger partial charge is 0.315 e. The van der Waals surface area contributed by atoms with Gasteiger partial charge in [0.25, 0.3) is 0 Å². The van der Waals surface area contributed by atoms with Crippen molar-refractivity contribution in [1.29, 1.82) is 0 Å². The molecule has 0 spiro atoms. The van der Waals surface area contributed by atoms with Gasteiger partial charge in [-0.2, -0.15) is 0 Å². The average molecular weight is 506 g/mol. The molecule has 0 aromatic heterocycles. The van der Waals surface area contributed by atoms with Crippen LogP contribution in [0.4, 0.5) is 0 Å². The molecule has 7 nitrogen and oxygen atoms in total. The molecule has 2 aromatic carbocycles. The van der Waals surface area contributed by atoms with Crippen molar-refractivity contribution in [2.75, 3.05) is 34.0 Å². The molecule has 7 heteroatoms. The highest BCUT2D eigenvalue weighted by Gasteiger charge is 2.44. The van der Waals surface area contributed by atoms with Crippen molar-refractivity contribution in [2.24, 2.45) is 10.9 Å². The molecule has 2 aromatic rings. The highest BCUT2D eigenvalue weighted by Crippen LogP contribution is 2.47. The van der Waals surface area contributed by atoms with Crippen molar-refractivity contribution in [1.82, 2.24) is 0 Å². The maximum atomic E-state index is 13.8. The number of methoxy groups -OCH3 is 2. The molecule has 0 fully saturated rings. The predicted molar refractivity (Wildman–Crippen MR) is 142 cm³/mol. The molecule has 0 saturated carbocycles. The number of Topliss-reactive ketones (excluding diaryl/α,β-unsaturated/α-hetero) is 1. The number of carbonyl (C=O) groups is 2. The Morgan fingerprint density at radius 1 is 0.973 bits per heavy atom. The molecule has 37 heavy (non-hydrogen) atoms. The Balaban J connectivity index is 1.71. The van der Waals surface area contributed by atoms with Crippen molar-refractivity contribution in [2.45, 2.75) is 45.4 Å². The summed E-state index contributed by atoms with van der Waals surface area (Å²) in [5, 5.41) is 0. The average Bonchev–Trinajstić information content (AvgIpc) is 2.89. The highest BCUT2D eigenvalue weighted by atomic mass is 16.6. The first-order valence-electron chi connectivity index (χ1n) is 12.7. The van der Waals surface area contributed by atoms with Gasteiger partial charge in [0.15, 0.2) is 17.3 Å². The standard InChI is InChI=1S/C30H35NO6/c1-6-36-12-13-37-30(33)27-19(3)31-23-15-22(20-10-11-25(34-4)26(17-20)35-5)16-24(32)29(23)28(27)21-9-7-8-18(2)14-21/h7-11,14,17,22,27-28H,6,12-13,15-16H2,1-5H3/t22-,27?,28+/m0/s1. The molecule has 1 aliphatic carbocycles. The molecule has 0 radical (unpaired) electrons. The molecule has 2 aliphatic rings. The van der Waals surface area contributed by atoms with Gasteiger partial charge in [-0.25, -0.2) is 0 Å². The fourth-order valence-electron chi connectivity index (χ4n) is 5.37. The Morgan fingerprint density at radius 2 is 1.76 bits per heavy atom. The lowest BCUT2D eigenvalue weighted by atomic mass is 9.69. The fourth-order valence-corrected chi connectivity index (χ4v) is 5.37. The van der Waals surface area contributed by atoms with Crippen LogP contribution in [0, 0.1) is 12.8 Å². The third-order valence-corrected chi connectivity index (χ3v) is 7.10. The summed E-state index contributed by atoms with van der Waals surface area (Å²) in [5.41, 5.74) is 5.02. The lowest BCUT2D eigenvalue weighted by Gasteiger charge is -2.36. The maximum Gasteiger partial charge on any atom is 0.315 e. The molecule has 0 amide bonds. The van der Waals surface area contributed by atoms with Gasteiger partial charge in [0.05, 0.1) is 20.8 Å². The number of benzene rings is 2. The number of hydrogen-bond acceptors (Lipinski definition) is 7. The zero-order valence-electron chi connectivity index (χ0n) is 22.2. The Hall–Kier alpha value is -3.45. The topological polar surface area (TPSA) is 83.4 Å². The fraction of sp³-hybridized carbons (Fsp3) is 0.433. The molecule has 196 valence electrons. The maximum absolute atomic E-state index is 13.8. The van der Waals surface area contributed by atoms with E-state index in [-0.39, 0.29) is 24.3 Å². The summed E-state index contributed by atoms with van der Waals surface area (Å²) in [6.07, 6.45) is 0.930. The summed E-state index contributed by atoms with van der Waals surface area (Å²) >= 11 is 0. The minimum atomic E-state index is -0.663. The number of allylic oxidation sites excluding steroid dienone is 2. The van der Waals surface area contributed by atoms with E-state index in [9.17, 15) is 9.59 Å². The van der Waals surface area contributed by atoms with E-state index in [2.05, 4.69) is 0 Å². The Morgan fingerprint density at radius 3 is 2.46 bits per heavy atom. The van der Waals surface area contributed by atoms with E-state index in [0.717, 1.165) is 22.4 Å².